The summed E-state index contributed by atoms with van der Waals surface area (Å²) in [5.41, 5.74) is 7.60. The molecule has 3 aliphatic rings. The molecule has 0 bridgehead atoms. The second-order valence-electron chi connectivity index (χ2n) is 7.70. The monoisotopic (exact) mass is 345 g/mol. The van der Waals surface area contributed by atoms with Crippen LogP contribution in [-0.4, -0.2) is 13.0 Å². The van der Waals surface area contributed by atoms with E-state index in [1.165, 1.54) is 29.6 Å². The van der Waals surface area contributed by atoms with Crippen molar-refractivity contribution in [1.29, 1.82) is 0 Å². The summed E-state index contributed by atoms with van der Waals surface area (Å²) in [6.07, 6.45) is 6.61. The van der Waals surface area contributed by atoms with E-state index in [-0.39, 0.29) is 0 Å². The van der Waals surface area contributed by atoms with E-state index in [4.69, 9.17) is 4.55 Å². The van der Waals surface area contributed by atoms with Gasteiger partial charge in [-0.2, -0.15) is 8.42 Å². The molecule has 1 unspecified atom stereocenters. The molecule has 128 valence electrons. The Morgan fingerprint density at radius 3 is 2.71 bits per heavy atom. The molecule has 0 aromatic heterocycles. The van der Waals surface area contributed by atoms with Gasteiger partial charge in [0.15, 0.2) is 0 Å². The van der Waals surface area contributed by atoms with Gasteiger partial charge in [-0.15, -0.1) is 0 Å². The number of fused-ring (bicyclic) bond motifs is 4. The number of allylic oxidation sites excluding steroid dienone is 3. The number of anilines is 1. The molecule has 1 fully saturated rings. The topological polar surface area (TPSA) is 66.4 Å². The van der Waals surface area contributed by atoms with Crippen LogP contribution in [0.15, 0.2) is 35.9 Å². The van der Waals surface area contributed by atoms with Gasteiger partial charge in [0.1, 0.15) is 0 Å². The molecule has 4 nitrogen and oxygen atoms in total. The summed E-state index contributed by atoms with van der Waals surface area (Å²) in [5.74, 6) is 0.519. The fourth-order valence-electron chi connectivity index (χ4n) is 5.09. The lowest BCUT2D eigenvalue weighted by atomic mass is 9.62. The van der Waals surface area contributed by atoms with Crippen LogP contribution in [0, 0.1) is 11.3 Å². The van der Waals surface area contributed by atoms with Crippen LogP contribution < -0.4 is 4.72 Å². The van der Waals surface area contributed by atoms with Crippen molar-refractivity contribution in [3.05, 3.63) is 47.1 Å². The number of nitrogens with one attached hydrogen (secondary N) is 1. The Balaban J connectivity index is 1.76. The van der Waals surface area contributed by atoms with Gasteiger partial charge in [-0.1, -0.05) is 30.7 Å². The van der Waals surface area contributed by atoms with E-state index in [0.717, 1.165) is 31.2 Å². The van der Waals surface area contributed by atoms with Crippen molar-refractivity contribution >= 4 is 21.6 Å². The summed E-state index contributed by atoms with van der Waals surface area (Å²) in [7, 11) is -4.23. The molecule has 2 atom stereocenters. The zero-order valence-corrected chi connectivity index (χ0v) is 14.7. The quantitative estimate of drug-likeness (QED) is 0.618. The summed E-state index contributed by atoms with van der Waals surface area (Å²) in [5, 5.41) is 0. The average Bonchev–Trinajstić information content (AvgIpc) is 2.81. The highest BCUT2D eigenvalue weighted by Crippen LogP contribution is 2.59. The third-order valence-electron chi connectivity index (χ3n) is 6.15. The van der Waals surface area contributed by atoms with Crippen LogP contribution >= 0.6 is 0 Å². The zero-order chi connectivity index (χ0) is 17.1. The zero-order valence-electron chi connectivity index (χ0n) is 13.9. The maximum Gasteiger partial charge on any atom is 0.357 e. The Morgan fingerprint density at radius 2 is 1.96 bits per heavy atom. The Hall–Kier alpha value is -1.59. The van der Waals surface area contributed by atoms with E-state index in [9.17, 15) is 8.42 Å². The van der Waals surface area contributed by atoms with Crippen LogP contribution in [0.2, 0.25) is 0 Å². The highest BCUT2D eigenvalue weighted by atomic mass is 32.2. The Kier molecular flexibility index (Phi) is 3.45. The largest absolute Gasteiger partial charge is 0.357 e. The summed E-state index contributed by atoms with van der Waals surface area (Å²) in [4.78, 5) is 0. The lowest BCUT2D eigenvalue weighted by Crippen LogP contribution is -2.30. The van der Waals surface area contributed by atoms with Gasteiger partial charge in [0.05, 0.1) is 5.69 Å². The predicted molar refractivity (Wildman–Crippen MR) is 96.1 cm³/mol. The number of aryl methyl sites for hydroxylation is 1. The fraction of sp³-hybridized carbons (Fsp3) is 0.474. The highest BCUT2D eigenvalue weighted by molar-refractivity contribution is 7.87. The van der Waals surface area contributed by atoms with Gasteiger partial charge in [-0.05, 0) is 72.8 Å². The summed E-state index contributed by atoms with van der Waals surface area (Å²) in [6, 6.07) is 5.59. The molecular weight excluding hydrogens is 322 g/mol. The van der Waals surface area contributed by atoms with E-state index in [1.54, 1.807) is 11.6 Å². The van der Waals surface area contributed by atoms with Gasteiger partial charge in [-0.25, -0.2) is 0 Å². The Labute approximate surface area is 143 Å². The van der Waals surface area contributed by atoms with Crippen LogP contribution in [0.5, 0.6) is 0 Å². The van der Waals surface area contributed by atoms with Gasteiger partial charge in [-0.3, -0.25) is 9.27 Å². The Morgan fingerprint density at radius 1 is 1.21 bits per heavy atom. The van der Waals surface area contributed by atoms with Gasteiger partial charge >= 0.3 is 10.3 Å². The molecule has 0 aliphatic heterocycles. The number of hydrogen-bond acceptors (Lipinski definition) is 2. The van der Waals surface area contributed by atoms with Crippen molar-refractivity contribution in [2.24, 2.45) is 11.3 Å². The first-order valence-electron chi connectivity index (χ1n) is 8.55. The van der Waals surface area contributed by atoms with E-state index in [1.807, 2.05) is 12.1 Å². The lowest BCUT2D eigenvalue weighted by molar-refractivity contribution is 0.241. The standard InChI is InChI=1S/C19H23NO3S/c1-12-7-9-19(2)10-8-16-15-6-4-14(20-24(21,22)23)11-13(15)3-5-17(16)18(12)19/h4,6,11,18,20H,1,3,5,7-10H2,2H3,(H,21,22,23)/t18?,19-/m0/s1. The second kappa shape index (κ2) is 5.20. The van der Waals surface area contributed by atoms with Gasteiger partial charge < -0.3 is 0 Å². The first-order chi connectivity index (χ1) is 11.3. The molecule has 1 saturated carbocycles. The van der Waals surface area contributed by atoms with Crippen LogP contribution in [0.3, 0.4) is 0 Å². The van der Waals surface area contributed by atoms with Crippen molar-refractivity contribution in [2.75, 3.05) is 4.72 Å². The van der Waals surface area contributed by atoms with Gasteiger partial charge in [0.25, 0.3) is 0 Å². The highest BCUT2D eigenvalue weighted by Gasteiger charge is 2.46. The molecule has 0 spiro atoms. The first-order valence-corrected chi connectivity index (χ1v) is 9.99. The van der Waals surface area contributed by atoms with Gasteiger partial charge in [0.2, 0.25) is 0 Å². The lowest BCUT2D eigenvalue weighted by Gasteiger charge is -2.42. The van der Waals surface area contributed by atoms with Crippen LogP contribution in [0.4, 0.5) is 5.69 Å². The maximum absolute atomic E-state index is 11.0. The maximum atomic E-state index is 11.0. The van der Waals surface area contributed by atoms with Crippen LogP contribution in [0.1, 0.15) is 50.2 Å². The molecule has 2 N–H and O–H groups in total. The number of hydrogen-bond donors (Lipinski definition) is 2. The Bertz CT molecular complexity index is 869. The number of rotatable bonds is 2. The molecule has 1 aromatic rings. The van der Waals surface area contributed by atoms with Gasteiger partial charge in [0, 0.05) is 5.92 Å². The van der Waals surface area contributed by atoms with Crippen molar-refractivity contribution in [2.45, 2.75) is 45.4 Å². The number of benzene rings is 1. The molecule has 4 rings (SSSR count). The SMILES string of the molecule is C=C1CC[C@@]2(C)CCC3=C(CCc4cc(NS(=O)(=O)O)ccc43)C12. The minimum absolute atomic E-state index is 0.375. The molecule has 24 heavy (non-hydrogen) atoms. The van der Waals surface area contributed by atoms with Crippen LogP contribution in [-0.2, 0) is 16.7 Å². The summed E-state index contributed by atoms with van der Waals surface area (Å²) < 4.78 is 33.2. The molecule has 1 aromatic carbocycles. The average molecular weight is 345 g/mol. The third kappa shape index (κ3) is 2.50. The molecular formula is C19H23NO3S. The second-order valence-corrected chi connectivity index (χ2v) is 8.85. The normalized spacial score (nSPS) is 29.1. The predicted octanol–water partition coefficient (Wildman–Crippen LogP) is 4.37. The van der Waals surface area contributed by atoms with E-state index in [0.29, 0.717) is 17.0 Å². The van der Waals surface area contributed by atoms with Crippen LogP contribution in [0.25, 0.3) is 5.57 Å². The van der Waals surface area contributed by atoms with E-state index >= 15 is 0 Å². The molecule has 0 amide bonds. The van der Waals surface area contributed by atoms with Crippen molar-refractivity contribution in [3.8, 4) is 0 Å². The van der Waals surface area contributed by atoms with Crippen molar-refractivity contribution in [1.82, 2.24) is 0 Å². The molecule has 0 heterocycles. The van der Waals surface area contributed by atoms with E-state index in [2.05, 4.69) is 18.2 Å². The third-order valence-corrected chi connectivity index (χ3v) is 6.64. The smallest absolute Gasteiger partial charge is 0.269 e. The first kappa shape index (κ1) is 15.9. The molecule has 5 heteroatoms. The van der Waals surface area contributed by atoms with Crippen molar-refractivity contribution < 1.29 is 13.0 Å². The fourth-order valence-corrected chi connectivity index (χ4v) is 5.51. The summed E-state index contributed by atoms with van der Waals surface area (Å²) in [6.45, 7) is 6.76. The minimum Gasteiger partial charge on any atom is -0.269 e. The minimum atomic E-state index is -4.23. The van der Waals surface area contributed by atoms with Crippen molar-refractivity contribution in [3.63, 3.8) is 0 Å². The molecule has 3 aliphatic carbocycles. The summed E-state index contributed by atoms with van der Waals surface area (Å²) >= 11 is 0. The molecule has 0 radical (unpaired) electrons. The van der Waals surface area contributed by atoms with E-state index < -0.39 is 10.3 Å². The molecule has 0 saturated heterocycles.